The zero-order chi connectivity index (χ0) is 14.9. The summed E-state index contributed by atoms with van der Waals surface area (Å²) >= 11 is 0. The maximum atomic E-state index is 10.2. The number of rotatable bonds is 7. The van der Waals surface area contributed by atoms with Crippen molar-refractivity contribution in [3.63, 3.8) is 0 Å². The Bertz CT molecular complexity index is 343. The normalized spacial score (nSPS) is 31.9. The van der Waals surface area contributed by atoms with E-state index in [1.165, 1.54) is 58.2 Å². The van der Waals surface area contributed by atoms with Crippen LogP contribution in [0.2, 0.25) is 0 Å². The van der Waals surface area contributed by atoms with Gasteiger partial charge in [0.1, 0.15) is 0 Å². The maximum absolute atomic E-state index is 10.2. The lowest BCUT2D eigenvalue weighted by molar-refractivity contribution is 0.0674. The molecule has 4 nitrogen and oxygen atoms in total. The van der Waals surface area contributed by atoms with E-state index in [4.69, 9.17) is 0 Å². The van der Waals surface area contributed by atoms with Crippen molar-refractivity contribution >= 4 is 0 Å². The number of aliphatic hydroxyl groups is 1. The topological polar surface area (TPSA) is 38.7 Å². The number of hydrogen-bond acceptors (Lipinski definition) is 4. The molecule has 1 aliphatic heterocycles. The Kier molecular flexibility index (Phi) is 4.89. The number of nitrogens with one attached hydrogen (secondary N) is 1. The molecular formula is C17H33N3O. The lowest BCUT2D eigenvalue weighted by Crippen LogP contribution is -2.60. The maximum Gasteiger partial charge on any atom is 0.0628 e. The molecular weight excluding hydrogens is 262 g/mol. The Morgan fingerprint density at radius 1 is 1.19 bits per heavy atom. The smallest absolute Gasteiger partial charge is 0.0628 e. The Morgan fingerprint density at radius 3 is 2.52 bits per heavy atom. The van der Waals surface area contributed by atoms with Gasteiger partial charge in [0, 0.05) is 25.2 Å². The van der Waals surface area contributed by atoms with E-state index < -0.39 is 0 Å². The van der Waals surface area contributed by atoms with Gasteiger partial charge in [0.25, 0.3) is 0 Å². The molecule has 21 heavy (non-hydrogen) atoms. The van der Waals surface area contributed by atoms with Gasteiger partial charge in [-0.25, -0.2) is 0 Å². The molecule has 2 atom stereocenters. The molecule has 0 aromatic rings. The van der Waals surface area contributed by atoms with Crippen LogP contribution in [0.5, 0.6) is 0 Å². The van der Waals surface area contributed by atoms with Crippen LogP contribution >= 0.6 is 0 Å². The molecule has 2 saturated carbocycles. The summed E-state index contributed by atoms with van der Waals surface area (Å²) in [6.07, 6.45) is 7.65. The van der Waals surface area contributed by atoms with Gasteiger partial charge in [-0.3, -0.25) is 4.90 Å². The molecule has 0 spiro atoms. The molecule has 0 aromatic heterocycles. The molecule has 1 saturated heterocycles. The first-order chi connectivity index (χ1) is 10.2. The summed E-state index contributed by atoms with van der Waals surface area (Å²) in [5.74, 6) is 0.696. The van der Waals surface area contributed by atoms with Crippen LogP contribution in [0, 0.1) is 5.92 Å². The van der Waals surface area contributed by atoms with Crippen molar-refractivity contribution in [3.05, 3.63) is 0 Å². The predicted molar refractivity (Wildman–Crippen MR) is 86.5 cm³/mol. The van der Waals surface area contributed by atoms with Gasteiger partial charge in [-0.05, 0) is 64.6 Å². The van der Waals surface area contributed by atoms with E-state index in [2.05, 4.69) is 29.1 Å². The summed E-state index contributed by atoms with van der Waals surface area (Å²) in [6, 6.07) is 1.32. The van der Waals surface area contributed by atoms with Crippen molar-refractivity contribution in [2.75, 3.05) is 39.8 Å². The average molecular weight is 295 g/mol. The molecule has 122 valence electrons. The zero-order valence-electron chi connectivity index (χ0n) is 13.9. The molecule has 1 heterocycles. The molecule has 2 N–H and O–H groups in total. The zero-order valence-corrected chi connectivity index (χ0v) is 13.9. The lowest BCUT2D eigenvalue weighted by Gasteiger charge is -2.41. The summed E-state index contributed by atoms with van der Waals surface area (Å²) in [7, 11) is 2.24. The first kappa shape index (κ1) is 15.7. The summed E-state index contributed by atoms with van der Waals surface area (Å²) in [6.45, 7) is 7.21. The van der Waals surface area contributed by atoms with Crippen molar-refractivity contribution < 1.29 is 5.11 Å². The minimum absolute atomic E-state index is 0.0303. The van der Waals surface area contributed by atoms with Gasteiger partial charge >= 0.3 is 0 Å². The third-order valence-corrected chi connectivity index (χ3v) is 5.69. The third-order valence-electron chi connectivity index (χ3n) is 5.69. The molecule has 2 aliphatic carbocycles. The molecule has 0 amide bonds. The van der Waals surface area contributed by atoms with Crippen LogP contribution in [-0.2, 0) is 0 Å². The molecule has 0 radical (unpaired) electrons. The van der Waals surface area contributed by atoms with E-state index >= 15 is 0 Å². The average Bonchev–Trinajstić information content (AvgIpc) is 3.33. The van der Waals surface area contributed by atoms with E-state index in [9.17, 15) is 5.11 Å². The van der Waals surface area contributed by atoms with Crippen LogP contribution in [0.15, 0.2) is 0 Å². The highest BCUT2D eigenvalue weighted by Gasteiger charge is 2.48. The molecule has 3 aliphatic rings. The lowest BCUT2D eigenvalue weighted by atomic mass is 9.92. The molecule has 2 unspecified atom stereocenters. The second kappa shape index (κ2) is 6.53. The second-order valence-corrected chi connectivity index (χ2v) is 7.66. The van der Waals surface area contributed by atoms with Crippen LogP contribution in [-0.4, -0.2) is 72.4 Å². The Morgan fingerprint density at radius 2 is 1.95 bits per heavy atom. The molecule has 4 heteroatoms. The number of nitrogens with zero attached hydrogens (tertiary/aromatic N) is 2. The quantitative estimate of drug-likeness (QED) is 0.742. The van der Waals surface area contributed by atoms with Gasteiger partial charge in [-0.15, -0.1) is 0 Å². The minimum Gasteiger partial charge on any atom is -0.394 e. The van der Waals surface area contributed by atoms with Crippen LogP contribution < -0.4 is 5.32 Å². The predicted octanol–water partition coefficient (Wildman–Crippen LogP) is 1.30. The summed E-state index contributed by atoms with van der Waals surface area (Å²) in [5, 5.41) is 14.0. The molecule has 0 aromatic carbocycles. The Balaban J connectivity index is 1.70. The van der Waals surface area contributed by atoms with Crippen LogP contribution in [0.1, 0.15) is 45.4 Å². The number of likely N-dealkylation sites (N-methyl/N-ethyl adjacent to an activating group) is 1. The number of aliphatic hydroxyl groups excluding tert-OH is 1. The van der Waals surface area contributed by atoms with E-state index in [0.29, 0.717) is 24.6 Å². The van der Waals surface area contributed by atoms with Gasteiger partial charge in [0.2, 0.25) is 0 Å². The van der Waals surface area contributed by atoms with Crippen molar-refractivity contribution in [3.8, 4) is 0 Å². The summed E-state index contributed by atoms with van der Waals surface area (Å²) in [5.41, 5.74) is -0.0303. The standard InChI is InChI=1S/C17H33N3O/c1-3-16-11-19(2)9-4-10-20(16)12-17(13-21,14-5-6-14)18-15-7-8-15/h14-16,18,21H,3-13H2,1-2H3. The van der Waals surface area contributed by atoms with E-state index in [1.807, 2.05) is 0 Å². The monoisotopic (exact) mass is 295 g/mol. The Labute approximate surface area is 129 Å². The largest absolute Gasteiger partial charge is 0.394 e. The van der Waals surface area contributed by atoms with E-state index in [-0.39, 0.29) is 5.54 Å². The van der Waals surface area contributed by atoms with Gasteiger partial charge in [0.05, 0.1) is 12.1 Å². The highest BCUT2D eigenvalue weighted by Crippen LogP contribution is 2.42. The van der Waals surface area contributed by atoms with Crippen molar-refractivity contribution in [2.45, 2.75) is 63.1 Å². The second-order valence-electron chi connectivity index (χ2n) is 7.66. The van der Waals surface area contributed by atoms with E-state index in [0.717, 1.165) is 6.54 Å². The SMILES string of the molecule is CCC1CN(C)CCCN1CC(CO)(NC1CC1)C1CC1. The van der Waals surface area contributed by atoms with Gasteiger partial charge < -0.3 is 15.3 Å². The van der Waals surface area contributed by atoms with Crippen molar-refractivity contribution in [1.29, 1.82) is 0 Å². The Hall–Kier alpha value is -0.160. The first-order valence-electron chi connectivity index (χ1n) is 8.98. The number of hydrogen-bond donors (Lipinski definition) is 2. The van der Waals surface area contributed by atoms with Crippen LogP contribution in [0.4, 0.5) is 0 Å². The van der Waals surface area contributed by atoms with Crippen molar-refractivity contribution in [1.82, 2.24) is 15.1 Å². The van der Waals surface area contributed by atoms with Gasteiger partial charge in [-0.1, -0.05) is 6.92 Å². The molecule has 0 bridgehead atoms. The molecule has 3 rings (SSSR count). The first-order valence-corrected chi connectivity index (χ1v) is 8.98. The van der Waals surface area contributed by atoms with Crippen LogP contribution in [0.25, 0.3) is 0 Å². The summed E-state index contributed by atoms with van der Waals surface area (Å²) < 4.78 is 0. The molecule has 3 fully saturated rings. The van der Waals surface area contributed by atoms with Crippen molar-refractivity contribution in [2.24, 2.45) is 5.92 Å². The van der Waals surface area contributed by atoms with Gasteiger partial charge in [-0.2, -0.15) is 0 Å². The van der Waals surface area contributed by atoms with Crippen LogP contribution in [0.3, 0.4) is 0 Å². The fourth-order valence-corrected chi connectivity index (χ4v) is 4.04. The highest BCUT2D eigenvalue weighted by atomic mass is 16.3. The minimum atomic E-state index is -0.0303. The fourth-order valence-electron chi connectivity index (χ4n) is 4.04. The fraction of sp³-hybridized carbons (Fsp3) is 1.00. The summed E-state index contributed by atoms with van der Waals surface area (Å²) in [4.78, 5) is 5.15. The third kappa shape index (κ3) is 3.79. The van der Waals surface area contributed by atoms with Gasteiger partial charge in [0.15, 0.2) is 0 Å². The highest BCUT2D eigenvalue weighted by molar-refractivity contribution is 5.06. The van der Waals surface area contributed by atoms with E-state index in [1.54, 1.807) is 0 Å².